The highest BCUT2D eigenvalue weighted by atomic mass is 32.2. The molecule has 48 heavy (non-hydrogen) atoms. The van der Waals surface area contributed by atoms with Crippen molar-refractivity contribution in [3.8, 4) is 0 Å². The first-order valence-electron chi connectivity index (χ1n) is 17.1. The first-order valence-corrected chi connectivity index (χ1v) is 18.8. The van der Waals surface area contributed by atoms with Crippen LogP contribution in [0.15, 0.2) is 47.3 Å². The van der Waals surface area contributed by atoms with Gasteiger partial charge in [0.05, 0.1) is 17.7 Å². The summed E-state index contributed by atoms with van der Waals surface area (Å²) < 4.78 is 7.14. The van der Waals surface area contributed by atoms with E-state index < -0.39 is 17.4 Å². The molecule has 2 aliphatic heterocycles. The van der Waals surface area contributed by atoms with Gasteiger partial charge in [-0.2, -0.15) is 0 Å². The first kappa shape index (κ1) is 34.2. The van der Waals surface area contributed by atoms with Gasteiger partial charge in [0, 0.05) is 29.9 Å². The van der Waals surface area contributed by atoms with E-state index >= 15 is 0 Å². The van der Waals surface area contributed by atoms with E-state index in [1.54, 1.807) is 6.92 Å². The Kier molecular flexibility index (Phi) is 10.9. The molecule has 1 N–H and O–H groups in total. The second kappa shape index (κ2) is 15.3. The second-order valence-corrected chi connectivity index (χ2v) is 14.6. The summed E-state index contributed by atoms with van der Waals surface area (Å²) in [6.45, 7) is 4.04. The summed E-state index contributed by atoms with van der Waals surface area (Å²) >= 11 is 1.97. The summed E-state index contributed by atoms with van der Waals surface area (Å²) in [4.78, 5) is 56.8. The molecular weight excluding hydrogens is 647 g/mol. The zero-order valence-electron chi connectivity index (χ0n) is 27.6. The number of rotatable bonds is 13. The molecule has 9 nitrogen and oxygen atoms in total. The molecule has 3 aromatic rings. The number of carbonyl (C=O) groups excluding carboxylic acids is 3. The van der Waals surface area contributed by atoms with Gasteiger partial charge in [-0.05, 0) is 85.0 Å². The van der Waals surface area contributed by atoms with E-state index in [1.807, 2.05) is 24.3 Å². The summed E-state index contributed by atoms with van der Waals surface area (Å²) in [5.41, 5.74) is 4.84. The van der Waals surface area contributed by atoms with Crippen molar-refractivity contribution in [3.05, 3.63) is 78.7 Å². The van der Waals surface area contributed by atoms with E-state index in [2.05, 4.69) is 36.1 Å². The zero-order chi connectivity index (χ0) is 33.8. The minimum Gasteiger partial charge on any atom is -0.465 e. The van der Waals surface area contributed by atoms with Gasteiger partial charge in [-0.1, -0.05) is 63.6 Å². The number of aliphatic hydroxyl groups is 1. The fraction of sp³-hybridized carbons (Fsp3) is 0.459. The number of unbranched alkanes of at least 4 members (excludes halogenated alkanes) is 5. The number of aliphatic hydroxyl groups excluding tert-OH is 1. The number of aromatic nitrogens is 1. The van der Waals surface area contributed by atoms with E-state index in [4.69, 9.17) is 4.74 Å². The fourth-order valence-electron chi connectivity index (χ4n) is 7.15. The number of esters is 1. The molecule has 3 heterocycles. The Bertz CT molecular complexity index is 1860. The van der Waals surface area contributed by atoms with Gasteiger partial charge < -0.3 is 14.7 Å². The number of anilines is 2. The Morgan fingerprint density at radius 2 is 1.77 bits per heavy atom. The molecule has 1 saturated carbocycles. The summed E-state index contributed by atoms with van der Waals surface area (Å²) in [6.07, 6.45) is 11.4. The van der Waals surface area contributed by atoms with Crippen LogP contribution in [0.25, 0.3) is 11.0 Å². The van der Waals surface area contributed by atoms with Gasteiger partial charge in [0.15, 0.2) is 0 Å². The maximum Gasteiger partial charge on any atom is 0.326 e. The van der Waals surface area contributed by atoms with Crippen LogP contribution in [0, 0.1) is 0 Å². The topological polar surface area (TPSA) is 109 Å². The molecule has 254 valence electrons. The number of amides is 2. The number of hydrogen-bond acceptors (Lipinski definition) is 9. The standard InChI is InChI=1S/C37H43N3O6S2/c1-3-5-6-7-8-9-19-38-35(44)33(48-37(38)45)36-39(22-32(42)46-4-2)34(43)31(47-36)21-25-15-18-30-28(20-25)27-11-10-12-29(27)40(30)26-16-13-24(23-41)14-17-26/h13-18,20-21,27,29,41H,3-12,19,22-23H2,1-2H3/b31-21+,36-33+. The Morgan fingerprint density at radius 3 is 2.52 bits per heavy atom. The minimum atomic E-state index is -0.576. The van der Waals surface area contributed by atoms with E-state index in [1.165, 1.54) is 21.5 Å². The van der Waals surface area contributed by atoms with Gasteiger partial charge in [0.2, 0.25) is 0 Å². The number of carbonyl (C=O) groups is 3. The lowest BCUT2D eigenvalue weighted by Crippen LogP contribution is -2.36. The van der Waals surface area contributed by atoms with Crippen molar-refractivity contribution in [2.75, 3.05) is 18.1 Å². The van der Waals surface area contributed by atoms with Crippen molar-refractivity contribution in [3.63, 3.8) is 0 Å². The Morgan fingerprint density at radius 1 is 1.00 bits per heavy atom. The maximum absolute atomic E-state index is 13.8. The van der Waals surface area contributed by atoms with Crippen molar-refractivity contribution in [1.29, 1.82) is 0 Å². The monoisotopic (exact) mass is 689 g/mol. The summed E-state index contributed by atoms with van der Waals surface area (Å²) in [5, 5.41) is 9.17. The Balaban J connectivity index is 1.35. The average Bonchev–Trinajstić information content (AvgIpc) is 3.82. The van der Waals surface area contributed by atoms with Gasteiger partial charge in [0.1, 0.15) is 16.1 Å². The number of thiazole rings is 1. The molecule has 1 aromatic heterocycles. The average molecular weight is 690 g/mol. The predicted molar refractivity (Wildman–Crippen MR) is 191 cm³/mol. The van der Waals surface area contributed by atoms with Crippen LogP contribution in [-0.4, -0.2) is 50.9 Å². The molecule has 2 amide bonds. The lowest BCUT2D eigenvalue weighted by molar-refractivity contribution is -0.143. The van der Waals surface area contributed by atoms with Crippen molar-refractivity contribution < 1.29 is 24.2 Å². The van der Waals surface area contributed by atoms with Crippen LogP contribution in [0.5, 0.6) is 0 Å². The molecule has 0 radical (unpaired) electrons. The molecule has 11 heteroatoms. The molecule has 6 rings (SSSR count). The number of nitrogens with zero attached hydrogens (tertiary/aromatic N) is 3. The van der Waals surface area contributed by atoms with Crippen LogP contribution in [-0.2, 0) is 27.5 Å². The van der Waals surface area contributed by atoms with Crippen molar-refractivity contribution in [2.45, 2.75) is 96.7 Å². The Hall–Kier alpha value is -3.67. The third-order valence-corrected chi connectivity index (χ3v) is 11.7. The van der Waals surface area contributed by atoms with Crippen LogP contribution in [0.2, 0.25) is 0 Å². The summed E-state index contributed by atoms with van der Waals surface area (Å²) in [7, 11) is 0. The van der Waals surface area contributed by atoms with Gasteiger partial charge in [-0.25, -0.2) is 0 Å². The third kappa shape index (κ3) is 6.91. The number of thioether (sulfide) groups is 1. The minimum absolute atomic E-state index is 0.00784. The highest BCUT2D eigenvalue weighted by Gasteiger charge is 2.42. The molecule has 0 bridgehead atoms. The van der Waals surface area contributed by atoms with E-state index in [0.29, 0.717) is 27.7 Å². The summed E-state index contributed by atoms with van der Waals surface area (Å²) in [6, 6.07) is 14.7. The normalized spacial score (nSPS) is 20.2. The number of imide groups is 1. The lowest BCUT2D eigenvalue weighted by Gasteiger charge is -2.27. The molecule has 2 aromatic carbocycles. The van der Waals surface area contributed by atoms with Crippen LogP contribution >= 0.6 is 23.1 Å². The molecular formula is C37H43N3O6S2. The molecule has 2 unspecified atom stereocenters. The molecule has 0 spiro atoms. The van der Waals surface area contributed by atoms with Crippen LogP contribution in [0.1, 0.15) is 94.2 Å². The van der Waals surface area contributed by atoms with E-state index in [0.717, 1.165) is 97.0 Å². The van der Waals surface area contributed by atoms with Gasteiger partial charge in [-0.3, -0.25) is 28.6 Å². The smallest absolute Gasteiger partial charge is 0.326 e. The fourth-order valence-corrected chi connectivity index (χ4v) is 9.29. The van der Waals surface area contributed by atoms with Crippen molar-refractivity contribution in [2.24, 2.45) is 0 Å². The Labute approximate surface area is 288 Å². The molecule has 2 atom stereocenters. The molecule has 2 fully saturated rings. The number of benzene rings is 2. The van der Waals surface area contributed by atoms with Gasteiger partial charge in [0.25, 0.3) is 16.7 Å². The largest absolute Gasteiger partial charge is 0.465 e. The predicted octanol–water partition coefficient (Wildman–Crippen LogP) is 5.75. The molecule has 1 saturated heterocycles. The molecule has 1 aliphatic carbocycles. The first-order chi connectivity index (χ1) is 23.3. The van der Waals surface area contributed by atoms with Crippen LogP contribution in [0.3, 0.4) is 0 Å². The number of ether oxygens (including phenoxy) is 1. The number of hydrogen-bond donors (Lipinski definition) is 1. The van der Waals surface area contributed by atoms with E-state index in [-0.39, 0.29) is 29.9 Å². The third-order valence-electron chi connectivity index (χ3n) is 9.50. The lowest BCUT2D eigenvalue weighted by atomic mass is 9.96. The SMILES string of the molecule is CCCCCCCCN1C(=O)S/C(=c2/s/c(=C/c3ccc4c(c3)C3CCCC3N4c3ccc(CO)cc3)c(=O)n2CC(=O)OCC)C1=O. The highest BCUT2D eigenvalue weighted by molar-refractivity contribution is 8.23. The zero-order valence-corrected chi connectivity index (χ0v) is 29.2. The van der Waals surface area contributed by atoms with Gasteiger partial charge in [-0.15, -0.1) is 11.3 Å². The van der Waals surface area contributed by atoms with E-state index in [9.17, 15) is 24.3 Å². The van der Waals surface area contributed by atoms with Crippen LogP contribution in [0.4, 0.5) is 16.2 Å². The second-order valence-electron chi connectivity index (χ2n) is 12.7. The van der Waals surface area contributed by atoms with Crippen molar-refractivity contribution >= 4 is 62.6 Å². The quantitative estimate of drug-likeness (QED) is 0.179. The van der Waals surface area contributed by atoms with Crippen molar-refractivity contribution in [1.82, 2.24) is 9.47 Å². The van der Waals surface area contributed by atoms with Gasteiger partial charge >= 0.3 is 5.97 Å². The summed E-state index contributed by atoms with van der Waals surface area (Å²) in [5.74, 6) is -0.619. The maximum atomic E-state index is 13.8. The highest BCUT2D eigenvalue weighted by Crippen LogP contribution is 2.52. The van der Waals surface area contributed by atoms with Crippen LogP contribution < -0.4 is 19.7 Å². The number of fused-ring (bicyclic) bond motifs is 3. The molecule has 3 aliphatic rings.